The molecule has 2 rings (SSSR count). The van der Waals surface area contributed by atoms with E-state index < -0.39 is 0 Å². The second-order valence-electron chi connectivity index (χ2n) is 7.84. The van der Waals surface area contributed by atoms with Crippen LogP contribution in [0.3, 0.4) is 0 Å². The van der Waals surface area contributed by atoms with Crippen molar-refractivity contribution in [3.8, 4) is 0 Å². The average molecular weight is 289 g/mol. The van der Waals surface area contributed by atoms with Gasteiger partial charge in [0.25, 0.3) is 0 Å². The fraction of sp³-hybridized carbons (Fsp3) is 0.684. The molecule has 1 aliphatic rings. The van der Waals surface area contributed by atoms with Crippen molar-refractivity contribution in [1.29, 1.82) is 0 Å². The topological polar surface area (TPSA) is 23.5 Å². The average Bonchev–Trinajstić information content (AvgIpc) is 2.86. The zero-order chi connectivity index (χ0) is 15.6. The van der Waals surface area contributed by atoms with Gasteiger partial charge in [0.2, 0.25) is 0 Å². The first-order chi connectivity index (χ1) is 9.79. The molecule has 1 fully saturated rings. The van der Waals surface area contributed by atoms with Crippen LogP contribution in [-0.2, 0) is 5.41 Å². The van der Waals surface area contributed by atoms with Gasteiger partial charge in [-0.1, -0.05) is 58.9 Å². The molecule has 21 heavy (non-hydrogen) atoms. The third kappa shape index (κ3) is 4.08. The molecule has 0 spiro atoms. The summed E-state index contributed by atoms with van der Waals surface area (Å²) in [5, 5.41) is 10.5. The quantitative estimate of drug-likeness (QED) is 0.900. The molecular weight excluding hydrogens is 258 g/mol. The maximum atomic E-state index is 10.5. The number of aliphatic hydroxyl groups is 1. The molecule has 2 heteroatoms. The van der Waals surface area contributed by atoms with Gasteiger partial charge in [0.15, 0.2) is 0 Å². The summed E-state index contributed by atoms with van der Waals surface area (Å²) in [5.74, 6) is 0.669. The van der Waals surface area contributed by atoms with Crippen LogP contribution in [0.15, 0.2) is 24.3 Å². The molecule has 2 nitrogen and oxygen atoms in total. The molecule has 0 bridgehead atoms. The zero-order valence-electron chi connectivity index (χ0n) is 14.3. The number of rotatable bonds is 4. The van der Waals surface area contributed by atoms with Crippen molar-refractivity contribution in [2.24, 2.45) is 5.92 Å². The molecule has 1 saturated heterocycles. The lowest BCUT2D eigenvalue weighted by molar-refractivity contribution is 0.0939. The summed E-state index contributed by atoms with van der Waals surface area (Å²) in [7, 11) is 0. The molecule has 0 aliphatic carbocycles. The first-order valence-electron chi connectivity index (χ1n) is 8.31. The normalized spacial score (nSPS) is 22.0. The molecule has 0 amide bonds. The van der Waals surface area contributed by atoms with E-state index in [-0.39, 0.29) is 11.5 Å². The highest BCUT2D eigenvalue weighted by Crippen LogP contribution is 2.28. The van der Waals surface area contributed by atoms with Crippen LogP contribution in [-0.4, -0.2) is 29.1 Å². The highest BCUT2D eigenvalue weighted by Gasteiger charge is 2.28. The van der Waals surface area contributed by atoms with E-state index in [0.29, 0.717) is 12.0 Å². The van der Waals surface area contributed by atoms with Gasteiger partial charge in [0.05, 0.1) is 6.10 Å². The first-order valence-corrected chi connectivity index (χ1v) is 8.31. The van der Waals surface area contributed by atoms with Crippen LogP contribution < -0.4 is 0 Å². The van der Waals surface area contributed by atoms with Gasteiger partial charge in [-0.2, -0.15) is 0 Å². The highest BCUT2D eigenvalue weighted by atomic mass is 16.3. The maximum Gasteiger partial charge on any atom is 0.0917 e. The Balaban J connectivity index is 2.02. The molecule has 2 unspecified atom stereocenters. The Morgan fingerprint density at radius 2 is 1.81 bits per heavy atom. The number of aliphatic hydroxyl groups excluding tert-OH is 1. The van der Waals surface area contributed by atoms with Crippen molar-refractivity contribution in [2.45, 2.75) is 65.0 Å². The maximum absolute atomic E-state index is 10.5. The molecule has 118 valence electrons. The van der Waals surface area contributed by atoms with Gasteiger partial charge in [-0.15, -0.1) is 0 Å². The molecule has 2 atom stereocenters. The van der Waals surface area contributed by atoms with Crippen LogP contribution in [0.2, 0.25) is 0 Å². The summed E-state index contributed by atoms with van der Waals surface area (Å²) in [4.78, 5) is 2.47. The summed E-state index contributed by atoms with van der Waals surface area (Å²) in [6, 6.07) is 9.12. The largest absolute Gasteiger partial charge is 0.387 e. The second-order valence-corrected chi connectivity index (χ2v) is 7.84. The third-order valence-electron chi connectivity index (χ3n) is 4.75. The Bertz CT molecular complexity index is 444. The number of likely N-dealkylation sites (tertiary alicyclic amines) is 1. The standard InChI is InChI=1S/C19H31NO/c1-14(2)17-7-6-12-20(17)13-18(21)15-8-10-16(11-9-15)19(3,4)5/h8-11,14,17-18,21H,6-7,12-13H2,1-5H3. The number of nitrogens with zero attached hydrogens (tertiary/aromatic N) is 1. The van der Waals surface area contributed by atoms with Gasteiger partial charge in [-0.25, -0.2) is 0 Å². The predicted octanol–water partition coefficient (Wildman–Crippen LogP) is 4.14. The molecule has 1 N–H and O–H groups in total. The van der Waals surface area contributed by atoms with Crippen LogP contribution >= 0.6 is 0 Å². The van der Waals surface area contributed by atoms with Gasteiger partial charge < -0.3 is 5.11 Å². The molecule has 0 aromatic heterocycles. The molecule has 1 aliphatic heterocycles. The van der Waals surface area contributed by atoms with Crippen LogP contribution in [0.25, 0.3) is 0 Å². The fourth-order valence-electron chi connectivity index (χ4n) is 3.37. The third-order valence-corrected chi connectivity index (χ3v) is 4.75. The van der Waals surface area contributed by atoms with Crippen molar-refractivity contribution in [1.82, 2.24) is 4.90 Å². The smallest absolute Gasteiger partial charge is 0.0917 e. The first kappa shape index (κ1) is 16.5. The monoisotopic (exact) mass is 289 g/mol. The van der Waals surface area contributed by atoms with Gasteiger partial charge >= 0.3 is 0 Å². The van der Waals surface area contributed by atoms with Crippen molar-refractivity contribution >= 4 is 0 Å². The minimum atomic E-state index is -0.377. The fourth-order valence-corrected chi connectivity index (χ4v) is 3.37. The van der Waals surface area contributed by atoms with E-state index in [4.69, 9.17) is 0 Å². The lowest BCUT2D eigenvalue weighted by Crippen LogP contribution is -2.36. The minimum absolute atomic E-state index is 0.168. The highest BCUT2D eigenvalue weighted by molar-refractivity contribution is 5.28. The van der Waals surface area contributed by atoms with Gasteiger partial charge in [0.1, 0.15) is 0 Å². The Morgan fingerprint density at radius 1 is 1.19 bits per heavy atom. The molecule has 0 saturated carbocycles. The Morgan fingerprint density at radius 3 is 2.33 bits per heavy atom. The van der Waals surface area contributed by atoms with E-state index in [2.05, 4.69) is 63.8 Å². The number of β-amino-alcohol motifs (C(OH)–C–C–N with tert-alkyl or cyclic N) is 1. The number of benzene rings is 1. The number of hydrogen-bond acceptors (Lipinski definition) is 2. The Labute approximate surface area is 130 Å². The van der Waals surface area contributed by atoms with E-state index in [1.807, 2.05) is 0 Å². The van der Waals surface area contributed by atoms with Gasteiger partial charge in [-0.3, -0.25) is 4.90 Å². The van der Waals surface area contributed by atoms with Gasteiger partial charge in [-0.05, 0) is 41.8 Å². The van der Waals surface area contributed by atoms with E-state index in [0.717, 1.165) is 18.7 Å². The molecule has 1 aromatic carbocycles. The zero-order valence-corrected chi connectivity index (χ0v) is 14.3. The van der Waals surface area contributed by atoms with E-state index >= 15 is 0 Å². The molecular formula is C19H31NO. The van der Waals surface area contributed by atoms with Crippen molar-refractivity contribution in [3.63, 3.8) is 0 Å². The summed E-state index contributed by atoms with van der Waals surface area (Å²) < 4.78 is 0. The van der Waals surface area contributed by atoms with Crippen molar-refractivity contribution in [2.75, 3.05) is 13.1 Å². The van der Waals surface area contributed by atoms with Crippen LogP contribution in [0.5, 0.6) is 0 Å². The second kappa shape index (κ2) is 6.50. The van der Waals surface area contributed by atoms with Gasteiger partial charge in [0, 0.05) is 12.6 Å². The predicted molar refractivity (Wildman–Crippen MR) is 89.5 cm³/mol. The van der Waals surface area contributed by atoms with Crippen LogP contribution in [0.4, 0.5) is 0 Å². The van der Waals surface area contributed by atoms with E-state index in [1.54, 1.807) is 0 Å². The Kier molecular flexibility index (Phi) is 5.11. The van der Waals surface area contributed by atoms with Crippen LogP contribution in [0, 0.1) is 5.92 Å². The summed E-state index contributed by atoms with van der Waals surface area (Å²) in [5.41, 5.74) is 2.53. The van der Waals surface area contributed by atoms with Crippen molar-refractivity contribution < 1.29 is 5.11 Å². The number of hydrogen-bond donors (Lipinski definition) is 1. The van der Waals surface area contributed by atoms with E-state index in [9.17, 15) is 5.11 Å². The lowest BCUT2D eigenvalue weighted by Gasteiger charge is -2.29. The SMILES string of the molecule is CC(C)C1CCCN1CC(O)c1ccc(C(C)(C)C)cc1. The van der Waals surface area contributed by atoms with Crippen LogP contribution in [0.1, 0.15) is 64.7 Å². The molecule has 1 heterocycles. The van der Waals surface area contributed by atoms with Crippen molar-refractivity contribution in [3.05, 3.63) is 35.4 Å². The summed E-state index contributed by atoms with van der Waals surface area (Å²) >= 11 is 0. The summed E-state index contributed by atoms with van der Waals surface area (Å²) in [6.45, 7) is 13.1. The Hall–Kier alpha value is -0.860. The lowest BCUT2D eigenvalue weighted by atomic mass is 9.86. The molecule has 0 radical (unpaired) electrons. The van der Waals surface area contributed by atoms with E-state index in [1.165, 1.54) is 18.4 Å². The minimum Gasteiger partial charge on any atom is -0.387 e. The summed E-state index contributed by atoms with van der Waals surface area (Å²) in [6.07, 6.45) is 2.16. The molecule has 1 aromatic rings.